The van der Waals surface area contributed by atoms with Gasteiger partial charge in [-0.2, -0.15) is 0 Å². The fraction of sp³-hybridized carbons (Fsp3) is 0.375. The van der Waals surface area contributed by atoms with E-state index in [0.29, 0.717) is 0 Å². The van der Waals surface area contributed by atoms with Crippen LogP contribution in [-0.2, 0) is 6.54 Å². The van der Waals surface area contributed by atoms with E-state index in [1.165, 1.54) is 44.2 Å². The predicted octanol–water partition coefficient (Wildman–Crippen LogP) is 6.18. The standard InChI is InChI=1S/C24H31N3/c1-3-4-5-6-7-14-19-26-20-21(2)27(23-17-12-9-13-18-23)24(26)25-22-15-10-8-11-16-22/h8-13,15-18,20H,3-7,14,19H2,1-2H3. The van der Waals surface area contributed by atoms with Crippen LogP contribution in [0.15, 0.2) is 71.9 Å². The molecule has 3 heteroatoms. The van der Waals surface area contributed by atoms with Gasteiger partial charge in [-0.1, -0.05) is 75.4 Å². The Labute approximate surface area is 163 Å². The van der Waals surface area contributed by atoms with Gasteiger partial charge in [0.05, 0.1) is 5.69 Å². The van der Waals surface area contributed by atoms with E-state index in [0.717, 1.165) is 23.5 Å². The summed E-state index contributed by atoms with van der Waals surface area (Å²) in [5.74, 6) is 0. The van der Waals surface area contributed by atoms with Gasteiger partial charge in [0.1, 0.15) is 0 Å². The van der Waals surface area contributed by atoms with Gasteiger partial charge in [-0.3, -0.25) is 4.57 Å². The molecule has 0 radical (unpaired) electrons. The van der Waals surface area contributed by atoms with E-state index in [1.807, 2.05) is 18.2 Å². The molecule has 142 valence electrons. The number of imidazole rings is 1. The van der Waals surface area contributed by atoms with Gasteiger partial charge in [0, 0.05) is 24.1 Å². The maximum absolute atomic E-state index is 4.99. The van der Waals surface area contributed by atoms with Crippen molar-refractivity contribution in [3.63, 3.8) is 0 Å². The van der Waals surface area contributed by atoms with Crippen molar-refractivity contribution in [2.24, 2.45) is 4.99 Å². The minimum absolute atomic E-state index is 0.990. The highest BCUT2D eigenvalue weighted by Crippen LogP contribution is 2.13. The molecule has 0 unspecified atom stereocenters. The molecular weight excluding hydrogens is 330 g/mol. The van der Waals surface area contributed by atoms with Gasteiger partial charge < -0.3 is 4.57 Å². The molecule has 0 atom stereocenters. The van der Waals surface area contributed by atoms with Crippen molar-refractivity contribution in [3.05, 3.63) is 78.2 Å². The van der Waals surface area contributed by atoms with Gasteiger partial charge in [0.25, 0.3) is 0 Å². The normalized spacial score (nSPS) is 11.9. The predicted molar refractivity (Wildman–Crippen MR) is 114 cm³/mol. The molecule has 1 aromatic heterocycles. The van der Waals surface area contributed by atoms with Crippen LogP contribution in [0.3, 0.4) is 0 Å². The maximum atomic E-state index is 4.99. The number of nitrogens with zero attached hydrogens (tertiary/aromatic N) is 3. The van der Waals surface area contributed by atoms with E-state index >= 15 is 0 Å². The summed E-state index contributed by atoms with van der Waals surface area (Å²) in [4.78, 5) is 4.99. The Kier molecular flexibility index (Phi) is 7.09. The van der Waals surface area contributed by atoms with Crippen LogP contribution in [0.2, 0.25) is 0 Å². The van der Waals surface area contributed by atoms with Crippen LogP contribution in [0, 0.1) is 6.92 Å². The van der Waals surface area contributed by atoms with Crippen molar-refractivity contribution in [3.8, 4) is 5.69 Å². The Morgan fingerprint density at radius 2 is 1.41 bits per heavy atom. The lowest BCUT2D eigenvalue weighted by molar-refractivity contribution is 0.544. The highest BCUT2D eigenvalue weighted by atomic mass is 15.2. The zero-order valence-electron chi connectivity index (χ0n) is 16.6. The number of rotatable bonds is 9. The molecule has 0 aliphatic carbocycles. The summed E-state index contributed by atoms with van der Waals surface area (Å²) in [5.41, 5.74) is 4.36. The third-order valence-electron chi connectivity index (χ3n) is 4.90. The lowest BCUT2D eigenvalue weighted by Gasteiger charge is -2.07. The maximum Gasteiger partial charge on any atom is 0.215 e. The topological polar surface area (TPSA) is 22.2 Å². The summed E-state index contributed by atoms with van der Waals surface area (Å²) in [7, 11) is 0. The van der Waals surface area contributed by atoms with E-state index < -0.39 is 0 Å². The Morgan fingerprint density at radius 3 is 2.11 bits per heavy atom. The summed E-state index contributed by atoms with van der Waals surface area (Å²) in [6, 6.07) is 20.8. The van der Waals surface area contributed by atoms with E-state index in [9.17, 15) is 0 Å². The fourth-order valence-corrected chi connectivity index (χ4v) is 3.48. The molecule has 1 heterocycles. The largest absolute Gasteiger partial charge is 0.317 e. The summed E-state index contributed by atoms with van der Waals surface area (Å²) in [6.45, 7) is 5.44. The first-order chi connectivity index (χ1) is 13.3. The van der Waals surface area contributed by atoms with Gasteiger partial charge in [0.15, 0.2) is 0 Å². The molecule has 3 nitrogen and oxygen atoms in total. The number of unbranched alkanes of at least 4 members (excludes halogenated alkanes) is 5. The number of hydrogen-bond acceptors (Lipinski definition) is 1. The van der Waals surface area contributed by atoms with Crippen LogP contribution >= 0.6 is 0 Å². The van der Waals surface area contributed by atoms with Crippen LogP contribution in [0.4, 0.5) is 5.69 Å². The second-order valence-electron chi connectivity index (χ2n) is 7.15. The van der Waals surface area contributed by atoms with Crippen LogP contribution in [0.1, 0.15) is 51.1 Å². The third kappa shape index (κ3) is 5.22. The van der Waals surface area contributed by atoms with Crippen molar-refractivity contribution in [1.29, 1.82) is 0 Å². The van der Waals surface area contributed by atoms with Gasteiger partial charge >= 0.3 is 0 Å². The molecule has 0 aliphatic heterocycles. The average molecular weight is 362 g/mol. The zero-order valence-corrected chi connectivity index (χ0v) is 16.6. The van der Waals surface area contributed by atoms with Crippen LogP contribution in [0.25, 0.3) is 5.69 Å². The molecule has 3 rings (SSSR count). The van der Waals surface area contributed by atoms with Gasteiger partial charge in [-0.15, -0.1) is 0 Å². The second-order valence-corrected chi connectivity index (χ2v) is 7.15. The summed E-state index contributed by atoms with van der Waals surface area (Å²) in [5, 5.41) is 0. The van der Waals surface area contributed by atoms with Gasteiger partial charge in [0.2, 0.25) is 5.62 Å². The Morgan fingerprint density at radius 1 is 0.778 bits per heavy atom. The van der Waals surface area contributed by atoms with E-state index in [2.05, 4.69) is 71.6 Å². The van der Waals surface area contributed by atoms with Crippen molar-refractivity contribution >= 4 is 5.69 Å². The molecule has 0 N–H and O–H groups in total. The highest BCUT2D eigenvalue weighted by Gasteiger charge is 2.08. The molecular formula is C24H31N3. The number of aromatic nitrogens is 2. The Bertz CT molecular complexity index is 873. The number of aryl methyl sites for hydroxylation is 2. The molecule has 27 heavy (non-hydrogen) atoms. The summed E-state index contributed by atoms with van der Waals surface area (Å²) >= 11 is 0. The minimum atomic E-state index is 0.990. The molecule has 0 saturated carbocycles. The molecule has 0 spiro atoms. The summed E-state index contributed by atoms with van der Waals surface area (Å²) in [6.07, 6.45) is 10.1. The molecule has 0 amide bonds. The number of para-hydroxylation sites is 2. The third-order valence-corrected chi connectivity index (χ3v) is 4.90. The number of benzene rings is 2. The molecule has 0 saturated heterocycles. The molecule has 0 aliphatic rings. The van der Waals surface area contributed by atoms with Gasteiger partial charge in [-0.25, -0.2) is 4.99 Å². The highest BCUT2D eigenvalue weighted by molar-refractivity contribution is 5.37. The quantitative estimate of drug-likeness (QED) is 0.406. The van der Waals surface area contributed by atoms with Gasteiger partial charge in [-0.05, 0) is 37.6 Å². The van der Waals surface area contributed by atoms with Crippen molar-refractivity contribution in [1.82, 2.24) is 9.13 Å². The lowest BCUT2D eigenvalue weighted by atomic mass is 10.1. The first-order valence-electron chi connectivity index (χ1n) is 10.2. The monoisotopic (exact) mass is 361 g/mol. The first kappa shape index (κ1) is 19.2. The average Bonchev–Trinajstić information content (AvgIpc) is 3.01. The second kappa shape index (κ2) is 9.96. The lowest BCUT2D eigenvalue weighted by Crippen LogP contribution is -2.25. The van der Waals surface area contributed by atoms with Crippen LogP contribution < -0.4 is 5.62 Å². The zero-order chi connectivity index (χ0) is 18.9. The fourth-order valence-electron chi connectivity index (χ4n) is 3.48. The van der Waals surface area contributed by atoms with Crippen LogP contribution in [-0.4, -0.2) is 9.13 Å². The number of hydrogen-bond donors (Lipinski definition) is 0. The molecule has 0 bridgehead atoms. The Hall–Kier alpha value is -2.55. The SMILES string of the molecule is CCCCCCCCn1cc(C)n(-c2ccccc2)c1=Nc1ccccc1. The summed E-state index contributed by atoms with van der Waals surface area (Å²) < 4.78 is 4.57. The molecule has 3 aromatic rings. The van der Waals surface area contributed by atoms with Crippen molar-refractivity contribution in [2.75, 3.05) is 0 Å². The molecule has 0 fully saturated rings. The van der Waals surface area contributed by atoms with Crippen molar-refractivity contribution in [2.45, 2.75) is 58.9 Å². The molecule has 2 aromatic carbocycles. The van der Waals surface area contributed by atoms with E-state index in [4.69, 9.17) is 4.99 Å². The van der Waals surface area contributed by atoms with E-state index in [-0.39, 0.29) is 0 Å². The smallest absolute Gasteiger partial charge is 0.215 e. The Balaban J connectivity index is 1.90. The minimum Gasteiger partial charge on any atom is -0.317 e. The van der Waals surface area contributed by atoms with Crippen LogP contribution in [0.5, 0.6) is 0 Å². The van der Waals surface area contributed by atoms with Crippen molar-refractivity contribution < 1.29 is 0 Å². The van der Waals surface area contributed by atoms with E-state index in [1.54, 1.807) is 0 Å². The first-order valence-corrected chi connectivity index (χ1v) is 10.2.